The first-order chi connectivity index (χ1) is 16.2. The Morgan fingerprint density at radius 3 is 2.12 bits per heavy atom. The zero-order chi connectivity index (χ0) is 24.5. The summed E-state index contributed by atoms with van der Waals surface area (Å²) in [6, 6.07) is 17.4. The first-order valence-electron chi connectivity index (χ1n) is 10.7. The van der Waals surface area contributed by atoms with Crippen LogP contribution in [0, 0.1) is 6.92 Å². The number of anilines is 1. The van der Waals surface area contributed by atoms with Gasteiger partial charge in [0.2, 0.25) is 0 Å². The Balaban J connectivity index is 1.54. The highest BCUT2D eigenvalue weighted by molar-refractivity contribution is 6.73. The van der Waals surface area contributed by atoms with Crippen molar-refractivity contribution in [2.45, 2.75) is 19.3 Å². The van der Waals surface area contributed by atoms with Gasteiger partial charge in [0.1, 0.15) is 6.61 Å². The van der Waals surface area contributed by atoms with Gasteiger partial charge in [-0.05, 0) is 40.3 Å². The number of nitrogens with one attached hydrogen (secondary N) is 1. The molecule has 1 N–H and O–H groups in total. The molecule has 9 heteroatoms. The molecule has 0 saturated carbocycles. The van der Waals surface area contributed by atoms with Gasteiger partial charge in [0.25, 0.3) is 0 Å². The van der Waals surface area contributed by atoms with E-state index in [9.17, 15) is 22.5 Å². The highest BCUT2D eigenvalue weighted by Crippen LogP contribution is 2.44. The Hall–Kier alpha value is -3.75. The molecule has 5 nitrogen and oxygen atoms in total. The number of rotatable bonds is 6. The number of hydrogen-bond donors (Lipinski definition) is 1. The number of amides is 1. The van der Waals surface area contributed by atoms with Crippen molar-refractivity contribution < 1.29 is 32.0 Å². The minimum Gasteiger partial charge on any atom is -0.469 e. The lowest BCUT2D eigenvalue weighted by Gasteiger charge is -2.21. The monoisotopic (exact) mass is 468 g/mol. The Bertz CT molecular complexity index is 1210. The smallest absolute Gasteiger partial charge is 0.469 e. The standard InChI is InChI=1S/C25H22BF3NO4/c1-15-16(12-24(31)33-2)11-17(26(27,28)29)13-23(15)30-25(32)34-14-22-20-9-5-3-7-18(20)19-8-4-6-10-21(19)22/h3-11,13,22H,12,14H2,1-2H3,(H,30,32)/q-1. The molecule has 0 saturated heterocycles. The number of ether oxygens (including phenoxy) is 2. The molecule has 0 bridgehead atoms. The second kappa shape index (κ2) is 9.25. The Labute approximate surface area is 194 Å². The van der Waals surface area contributed by atoms with E-state index in [0.717, 1.165) is 41.5 Å². The Morgan fingerprint density at radius 1 is 0.971 bits per heavy atom. The van der Waals surface area contributed by atoms with E-state index in [1.165, 1.54) is 6.92 Å². The molecule has 0 radical (unpaired) electrons. The Morgan fingerprint density at radius 2 is 1.56 bits per heavy atom. The van der Waals surface area contributed by atoms with Crippen molar-refractivity contribution in [1.82, 2.24) is 0 Å². The van der Waals surface area contributed by atoms with Gasteiger partial charge in [0.05, 0.1) is 13.5 Å². The van der Waals surface area contributed by atoms with Gasteiger partial charge in [0.15, 0.2) is 0 Å². The van der Waals surface area contributed by atoms with Gasteiger partial charge in [-0.2, -0.15) is 0 Å². The molecule has 0 unspecified atom stereocenters. The third-order valence-corrected chi connectivity index (χ3v) is 6.06. The number of halogens is 3. The molecule has 0 heterocycles. The van der Waals surface area contributed by atoms with Crippen LogP contribution in [0.25, 0.3) is 11.1 Å². The molecule has 34 heavy (non-hydrogen) atoms. The average molecular weight is 468 g/mol. The third kappa shape index (κ3) is 4.64. The number of fused-ring (bicyclic) bond motifs is 3. The summed E-state index contributed by atoms with van der Waals surface area (Å²) in [5.41, 5.74) is 3.65. The van der Waals surface area contributed by atoms with Gasteiger partial charge in [-0.1, -0.05) is 60.7 Å². The minimum atomic E-state index is -5.35. The van der Waals surface area contributed by atoms with Gasteiger partial charge in [-0.15, -0.1) is 5.46 Å². The van der Waals surface area contributed by atoms with Crippen molar-refractivity contribution in [3.8, 4) is 11.1 Å². The van der Waals surface area contributed by atoms with Crippen molar-refractivity contribution in [1.29, 1.82) is 0 Å². The average Bonchev–Trinajstić information content (AvgIpc) is 3.13. The van der Waals surface area contributed by atoms with Crippen LogP contribution in [-0.4, -0.2) is 32.8 Å². The van der Waals surface area contributed by atoms with Crippen molar-refractivity contribution in [2.24, 2.45) is 0 Å². The number of carbonyl (C=O) groups excluding carboxylic acids is 2. The van der Waals surface area contributed by atoms with Crippen molar-refractivity contribution in [3.63, 3.8) is 0 Å². The summed E-state index contributed by atoms with van der Waals surface area (Å²) >= 11 is 0. The predicted octanol–water partition coefficient (Wildman–Crippen LogP) is 5.13. The number of benzene rings is 3. The van der Waals surface area contributed by atoms with Gasteiger partial charge in [-0.25, -0.2) is 4.79 Å². The molecule has 0 fully saturated rings. The van der Waals surface area contributed by atoms with Gasteiger partial charge in [0, 0.05) is 11.6 Å². The van der Waals surface area contributed by atoms with Crippen LogP contribution < -0.4 is 10.8 Å². The number of methoxy groups -OCH3 is 1. The largest absolute Gasteiger partial charge is 0.509 e. The van der Waals surface area contributed by atoms with Crippen LogP contribution in [0.15, 0.2) is 60.7 Å². The summed E-state index contributed by atoms with van der Waals surface area (Å²) in [6.45, 7) is -3.79. The summed E-state index contributed by atoms with van der Waals surface area (Å²) < 4.78 is 50.4. The molecule has 1 amide bonds. The van der Waals surface area contributed by atoms with Crippen LogP contribution in [0.1, 0.15) is 28.2 Å². The fourth-order valence-electron chi connectivity index (χ4n) is 4.27. The predicted molar refractivity (Wildman–Crippen MR) is 124 cm³/mol. The van der Waals surface area contributed by atoms with E-state index in [1.807, 2.05) is 48.5 Å². The lowest BCUT2D eigenvalue weighted by Crippen LogP contribution is -2.35. The van der Waals surface area contributed by atoms with E-state index in [1.54, 1.807) is 0 Å². The van der Waals surface area contributed by atoms with E-state index in [-0.39, 0.29) is 30.2 Å². The number of carbonyl (C=O) groups is 2. The summed E-state index contributed by atoms with van der Waals surface area (Å²) in [7, 11) is 1.16. The van der Waals surface area contributed by atoms with Gasteiger partial charge >= 0.3 is 19.0 Å². The second-order valence-electron chi connectivity index (χ2n) is 8.13. The molecule has 0 atom stereocenters. The van der Waals surface area contributed by atoms with Crippen molar-refractivity contribution in [3.05, 3.63) is 82.9 Å². The second-order valence-corrected chi connectivity index (χ2v) is 8.13. The first-order valence-corrected chi connectivity index (χ1v) is 10.7. The molecule has 3 aromatic carbocycles. The lowest BCUT2D eigenvalue weighted by atomic mass is 9.78. The molecule has 1 aliphatic carbocycles. The normalized spacial score (nSPS) is 12.6. The fourth-order valence-corrected chi connectivity index (χ4v) is 4.27. The topological polar surface area (TPSA) is 64.6 Å². The van der Waals surface area contributed by atoms with Crippen molar-refractivity contribution >= 4 is 30.2 Å². The van der Waals surface area contributed by atoms with Crippen LogP contribution in [0.4, 0.5) is 23.4 Å². The molecule has 3 aromatic rings. The van der Waals surface area contributed by atoms with E-state index in [2.05, 4.69) is 10.1 Å². The highest BCUT2D eigenvalue weighted by atomic mass is 19.4. The molecular formula is C25H22BF3NO4-. The highest BCUT2D eigenvalue weighted by Gasteiger charge is 2.30. The number of esters is 1. The quantitative estimate of drug-likeness (QED) is 0.403. The van der Waals surface area contributed by atoms with Crippen molar-refractivity contribution in [2.75, 3.05) is 19.0 Å². The van der Waals surface area contributed by atoms with Crippen LogP contribution in [-0.2, 0) is 20.7 Å². The van der Waals surface area contributed by atoms with Crippen LogP contribution in [0.5, 0.6) is 0 Å². The van der Waals surface area contributed by atoms with E-state index < -0.39 is 24.5 Å². The summed E-state index contributed by atoms with van der Waals surface area (Å²) in [5.74, 6) is -0.860. The molecular weight excluding hydrogens is 446 g/mol. The molecule has 1 aliphatic rings. The molecule has 0 aromatic heterocycles. The van der Waals surface area contributed by atoms with E-state index in [4.69, 9.17) is 4.74 Å². The zero-order valence-corrected chi connectivity index (χ0v) is 18.6. The van der Waals surface area contributed by atoms with Gasteiger partial charge < -0.3 is 22.4 Å². The fraction of sp³-hybridized carbons (Fsp3) is 0.200. The van der Waals surface area contributed by atoms with E-state index >= 15 is 0 Å². The molecule has 0 aliphatic heterocycles. The van der Waals surface area contributed by atoms with E-state index in [0.29, 0.717) is 5.56 Å². The maximum absolute atomic E-state index is 13.5. The molecule has 0 spiro atoms. The SMILES string of the molecule is COC(=O)Cc1cc([B-](F)(F)F)cc(NC(=O)OCC2c3ccccc3-c3ccccc32)c1C. The van der Waals surface area contributed by atoms with Gasteiger partial charge in [-0.3, -0.25) is 10.1 Å². The van der Waals surface area contributed by atoms with Crippen LogP contribution >= 0.6 is 0 Å². The first kappa shape index (κ1) is 23.4. The van der Waals surface area contributed by atoms with Crippen LogP contribution in [0.2, 0.25) is 0 Å². The number of hydrogen-bond acceptors (Lipinski definition) is 4. The maximum Gasteiger partial charge on any atom is 0.509 e. The summed E-state index contributed by atoms with van der Waals surface area (Å²) in [5, 5.41) is 2.42. The zero-order valence-electron chi connectivity index (χ0n) is 18.6. The Kier molecular flexibility index (Phi) is 6.37. The summed E-state index contributed by atoms with van der Waals surface area (Å²) in [4.78, 5) is 24.3. The molecule has 4 rings (SSSR count). The lowest BCUT2D eigenvalue weighted by molar-refractivity contribution is -0.139. The summed E-state index contributed by atoms with van der Waals surface area (Å²) in [6.07, 6.45) is -1.22. The van der Waals surface area contributed by atoms with Crippen LogP contribution in [0.3, 0.4) is 0 Å². The minimum absolute atomic E-state index is 0.0246. The maximum atomic E-state index is 13.5. The third-order valence-electron chi connectivity index (χ3n) is 6.06. The molecule has 176 valence electrons.